The zero-order chi connectivity index (χ0) is 10.6. The predicted molar refractivity (Wildman–Crippen MR) is 65.9 cm³/mol. The summed E-state index contributed by atoms with van der Waals surface area (Å²) in [6.45, 7) is 1.96. The monoisotopic (exact) mass is 322 g/mol. The van der Waals surface area contributed by atoms with Crippen molar-refractivity contribution in [1.29, 1.82) is 0 Å². The van der Waals surface area contributed by atoms with Crippen LogP contribution in [0.2, 0.25) is 0 Å². The van der Waals surface area contributed by atoms with Crippen LogP contribution in [0.5, 0.6) is 0 Å². The van der Waals surface area contributed by atoms with Crippen LogP contribution in [-0.2, 0) is 6.42 Å². The van der Waals surface area contributed by atoms with Crippen molar-refractivity contribution in [3.63, 3.8) is 0 Å². The molecule has 0 aliphatic heterocycles. The van der Waals surface area contributed by atoms with E-state index < -0.39 is 0 Å². The molecule has 0 saturated carbocycles. The summed E-state index contributed by atoms with van der Waals surface area (Å²) in [6.07, 6.45) is 0.989. The van der Waals surface area contributed by atoms with Gasteiger partial charge in [0.15, 0.2) is 0 Å². The van der Waals surface area contributed by atoms with Crippen LogP contribution in [0.4, 0.5) is 4.39 Å². The maximum absolute atomic E-state index is 12.8. The SMILES string of the molecule is Cc1cc(F)ccc1CC(CBr)CBr. The highest BCUT2D eigenvalue weighted by Gasteiger charge is 2.08. The fraction of sp³-hybridized carbons (Fsp3) is 0.455. The molecule has 0 N–H and O–H groups in total. The Kier molecular flexibility index (Phi) is 5.10. The van der Waals surface area contributed by atoms with Crippen LogP contribution in [0, 0.1) is 18.7 Å². The molecule has 0 nitrogen and oxygen atoms in total. The Balaban J connectivity index is 2.76. The van der Waals surface area contributed by atoms with Crippen LogP contribution < -0.4 is 0 Å². The van der Waals surface area contributed by atoms with Crippen molar-refractivity contribution in [2.24, 2.45) is 5.92 Å². The van der Waals surface area contributed by atoms with Gasteiger partial charge in [0.2, 0.25) is 0 Å². The van der Waals surface area contributed by atoms with Crippen LogP contribution in [0.25, 0.3) is 0 Å². The summed E-state index contributed by atoms with van der Waals surface area (Å²) >= 11 is 6.94. The average molecular weight is 324 g/mol. The largest absolute Gasteiger partial charge is 0.207 e. The molecule has 0 unspecified atom stereocenters. The zero-order valence-corrected chi connectivity index (χ0v) is 11.2. The lowest BCUT2D eigenvalue weighted by atomic mass is 9.99. The minimum absolute atomic E-state index is 0.152. The Labute approximate surface area is 101 Å². The molecule has 14 heavy (non-hydrogen) atoms. The van der Waals surface area contributed by atoms with E-state index in [1.54, 1.807) is 6.07 Å². The quantitative estimate of drug-likeness (QED) is 0.732. The van der Waals surface area contributed by atoms with Crippen molar-refractivity contribution < 1.29 is 4.39 Å². The predicted octanol–water partition coefficient (Wildman–Crippen LogP) is 4.08. The second-order valence-electron chi connectivity index (χ2n) is 3.45. The molecule has 0 aliphatic rings. The third-order valence-corrected chi connectivity index (χ3v) is 4.08. The van der Waals surface area contributed by atoms with Gasteiger partial charge in [-0.05, 0) is 42.5 Å². The number of hydrogen-bond donors (Lipinski definition) is 0. The van der Waals surface area contributed by atoms with E-state index in [0.29, 0.717) is 5.92 Å². The summed E-state index contributed by atoms with van der Waals surface area (Å²) in [5.41, 5.74) is 2.27. The van der Waals surface area contributed by atoms with Gasteiger partial charge in [0, 0.05) is 10.7 Å². The molecule has 0 saturated heterocycles. The van der Waals surface area contributed by atoms with Crippen molar-refractivity contribution in [2.75, 3.05) is 10.7 Å². The van der Waals surface area contributed by atoms with Gasteiger partial charge < -0.3 is 0 Å². The van der Waals surface area contributed by atoms with Crippen molar-refractivity contribution >= 4 is 31.9 Å². The first kappa shape index (κ1) is 12.2. The zero-order valence-electron chi connectivity index (χ0n) is 8.06. The van der Waals surface area contributed by atoms with Gasteiger partial charge in [-0.15, -0.1) is 0 Å². The van der Waals surface area contributed by atoms with Crippen LogP contribution in [-0.4, -0.2) is 10.7 Å². The number of benzene rings is 1. The highest BCUT2D eigenvalue weighted by molar-refractivity contribution is 9.09. The number of rotatable bonds is 4. The van der Waals surface area contributed by atoms with Gasteiger partial charge in [-0.1, -0.05) is 37.9 Å². The lowest BCUT2D eigenvalue weighted by molar-refractivity contribution is 0.622. The molecule has 0 fully saturated rings. The van der Waals surface area contributed by atoms with E-state index in [4.69, 9.17) is 0 Å². The molecule has 0 amide bonds. The Morgan fingerprint density at radius 3 is 2.43 bits per heavy atom. The number of alkyl halides is 2. The fourth-order valence-electron chi connectivity index (χ4n) is 1.35. The van der Waals surface area contributed by atoms with Gasteiger partial charge in [-0.2, -0.15) is 0 Å². The molecule has 78 valence electrons. The maximum atomic E-state index is 12.8. The first-order valence-electron chi connectivity index (χ1n) is 4.54. The Bertz CT molecular complexity index is 295. The van der Waals surface area contributed by atoms with E-state index in [0.717, 1.165) is 22.6 Å². The molecule has 0 atom stereocenters. The minimum Gasteiger partial charge on any atom is -0.207 e. The molecule has 1 rings (SSSR count). The third-order valence-electron chi connectivity index (χ3n) is 2.25. The number of hydrogen-bond acceptors (Lipinski definition) is 0. The summed E-state index contributed by atoms with van der Waals surface area (Å²) in [5, 5.41) is 1.93. The molecule has 0 aromatic heterocycles. The standard InChI is InChI=1S/C11H13Br2F/c1-8-4-11(14)3-2-10(8)5-9(6-12)7-13/h2-4,9H,5-7H2,1H3. The van der Waals surface area contributed by atoms with E-state index in [1.807, 2.05) is 13.0 Å². The Morgan fingerprint density at radius 1 is 1.29 bits per heavy atom. The average Bonchev–Trinajstić information content (AvgIpc) is 2.17. The number of halogens is 3. The van der Waals surface area contributed by atoms with Crippen LogP contribution >= 0.6 is 31.9 Å². The third kappa shape index (κ3) is 3.35. The molecule has 3 heteroatoms. The normalized spacial score (nSPS) is 10.9. The topological polar surface area (TPSA) is 0 Å². The Hall–Kier alpha value is 0.110. The summed E-state index contributed by atoms with van der Waals surface area (Å²) < 4.78 is 12.8. The van der Waals surface area contributed by atoms with Gasteiger partial charge in [0.1, 0.15) is 5.82 Å². The minimum atomic E-state index is -0.152. The summed E-state index contributed by atoms with van der Waals surface area (Å²) in [5.74, 6) is 0.416. The first-order chi connectivity index (χ1) is 6.67. The summed E-state index contributed by atoms with van der Waals surface area (Å²) in [4.78, 5) is 0. The van der Waals surface area contributed by atoms with E-state index in [9.17, 15) is 4.39 Å². The van der Waals surface area contributed by atoms with Gasteiger partial charge in [0.25, 0.3) is 0 Å². The van der Waals surface area contributed by atoms with Gasteiger partial charge in [-0.25, -0.2) is 4.39 Å². The smallest absolute Gasteiger partial charge is 0.123 e. The van der Waals surface area contributed by atoms with Gasteiger partial charge >= 0.3 is 0 Å². The first-order valence-corrected chi connectivity index (χ1v) is 6.78. The van der Waals surface area contributed by atoms with Crippen molar-refractivity contribution in [1.82, 2.24) is 0 Å². The Morgan fingerprint density at radius 2 is 1.93 bits per heavy atom. The molecular formula is C11H13Br2F. The fourth-order valence-corrected chi connectivity index (χ4v) is 2.88. The molecule has 0 aliphatic carbocycles. The maximum Gasteiger partial charge on any atom is 0.123 e. The lowest BCUT2D eigenvalue weighted by Gasteiger charge is -2.12. The van der Waals surface area contributed by atoms with Crippen LogP contribution in [0.1, 0.15) is 11.1 Å². The second-order valence-corrected chi connectivity index (χ2v) is 4.74. The van der Waals surface area contributed by atoms with Crippen molar-refractivity contribution in [3.05, 3.63) is 35.1 Å². The van der Waals surface area contributed by atoms with Crippen molar-refractivity contribution in [3.8, 4) is 0 Å². The van der Waals surface area contributed by atoms with E-state index >= 15 is 0 Å². The van der Waals surface area contributed by atoms with Crippen molar-refractivity contribution in [2.45, 2.75) is 13.3 Å². The summed E-state index contributed by atoms with van der Waals surface area (Å²) in [7, 11) is 0. The molecule has 0 heterocycles. The molecule has 0 radical (unpaired) electrons. The van der Waals surface area contributed by atoms with E-state index in [2.05, 4.69) is 31.9 Å². The van der Waals surface area contributed by atoms with E-state index in [1.165, 1.54) is 11.6 Å². The molecule has 1 aromatic rings. The van der Waals surface area contributed by atoms with Gasteiger partial charge in [-0.3, -0.25) is 0 Å². The van der Waals surface area contributed by atoms with Crippen LogP contribution in [0.15, 0.2) is 18.2 Å². The molecule has 1 aromatic carbocycles. The molecule has 0 bridgehead atoms. The summed E-state index contributed by atoms with van der Waals surface area (Å²) in [6, 6.07) is 5.00. The van der Waals surface area contributed by atoms with Crippen LogP contribution in [0.3, 0.4) is 0 Å². The second kappa shape index (κ2) is 5.86. The molecular weight excluding hydrogens is 311 g/mol. The highest BCUT2D eigenvalue weighted by atomic mass is 79.9. The van der Waals surface area contributed by atoms with E-state index in [-0.39, 0.29) is 5.82 Å². The highest BCUT2D eigenvalue weighted by Crippen LogP contribution is 2.17. The lowest BCUT2D eigenvalue weighted by Crippen LogP contribution is -2.08. The molecule has 0 spiro atoms. The van der Waals surface area contributed by atoms with Gasteiger partial charge in [0.05, 0.1) is 0 Å². The number of aryl methyl sites for hydroxylation is 1.